The molecule has 1 atom stereocenters. The third-order valence-electron chi connectivity index (χ3n) is 3.90. The van der Waals surface area contributed by atoms with Crippen LogP contribution in [0.15, 0.2) is 0 Å². The Hall–Kier alpha value is -0.820. The number of nitrogens with one attached hydrogen (secondary N) is 1. The van der Waals surface area contributed by atoms with Crippen LogP contribution < -0.4 is 11.1 Å². The summed E-state index contributed by atoms with van der Waals surface area (Å²) in [6.45, 7) is 2.67. The van der Waals surface area contributed by atoms with Crippen LogP contribution in [0.4, 0.5) is 13.2 Å². The summed E-state index contributed by atoms with van der Waals surface area (Å²) in [5.74, 6) is 0.253. The highest BCUT2D eigenvalue weighted by atomic mass is 19.4. The number of halogens is 3. The molecule has 1 fully saturated rings. The number of amides is 1. The van der Waals surface area contributed by atoms with Gasteiger partial charge in [0, 0.05) is 6.54 Å². The van der Waals surface area contributed by atoms with Crippen LogP contribution in [0.2, 0.25) is 0 Å². The molecule has 0 saturated carbocycles. The molecular weight excluding hydrogens is 283 g/mol. The molecule has 0 aromatic rings. The van der Waals surface area contributed by atoms with E-state index in [2.05, 4.69) is 5.32 Å². The van der Waals surface area contributed by atoms with E-state index in [-0.39, 0.29) is 5.91 Å². The minimum atomic E-state index is -4.11. The number of carbonyl (C=O) groups excluding carboxylic acids is 1. The molecular formula is C14H26F3N3O. The summed E-state index contributed by atoms with van der Waals surface area (Å²) >= 11 is 0. The molecule has 0 aliphatic carbocycles. The lowest BCUT2D eigenvalue weighted by Gasteiger charge is -2.32. The summed E-state index contributed by atoms with van der Waals surface area (Å²) in [5.41, 5.74) is 5.70. The summed E-state index contributed by atoms with van der Waals surface area (Å²) in [6, 6.07) is -0.455. The number of nitrogens with zero attached hydrogens (tertiary/aromatic N) is 1. The van der Waals surface area contributed by atoms with Gasteiger partial charge < -0.3 is 11.1 Å². The zero-order valence-electron chi connectivity index (χ0n) is 12.6. The van der Waals surface area contributed by atoms with Crippen molar-refractivity contribution in [2.24, 2.45) is 11.7 Å². The van der Waals surface area contributed by atoms with Gasteiger partial charge in [0.15, 0.2) is 0 Å². The van der Waals surface area contributed by atoms with Crippen molar-refractivity contribution in [3.05, 3.63) is 0 Å². The van der Waals surface area contributed by atoms with Gasteiger partial charge in [0.1, 0.15) is 0 Å². The molecule has 3 N–H and O–H groups in total. The first-order chi connectivity index (χ1) is 9.81. The third-order valence-corrected chi connectivity index (χ3v) is 3.90. The Morgan fingerprint density at radius 3 is 2.52 bits per heavy atom. The normalized spacial score (nSPS) is 19.5. The standard InChI is InChI=1S/C14H26F3N3O/c1-2-3-12(18)13(21)19-7-4-11-5-8-20(9-6-11)10-14(15,16)17/h11-12H,2-10,18H2,1H3,(H,19,21). The smallest absolute Gasteiger partial charge is 0.355 e. The number of hydrogen-bond donors (Lipinski definition) is 2. The second kappa shape index (κ2) is 8.58. The van der Waals surface area contributed by atoms with Gasteiger partial charge >= 0.3 is 6.18 Å². The average Bonchev–Trinajstić information content (AvgIpc) is 2.39. The molecule has 0 bridgehead atoms. The maximum Gasteiger partial charge on any atom is 0.401 e. The van der Waals surface area contributed by atoms with Crippen molar-refractivity contribution in [3.63, 3.8) is 0 Å². The van der Waals surface area contributed by atoms with Gasteiger partial charge in [-0.3, -0.25) is 9.69 Å². The molecule has 7 heteroatoms. The second-order valence-corrected chi connectivity index (χ2v) is 5.81. The number of carbonyl (C=O) groups is 1. The van der Waals surface area contributed by atoms with E-state index < -0.39 is 18.8 Å². The lowest BCUT2D eigenvalue weighted by Crippen LogP contribution is -2.42. The zero-order chi connectivity index (χ0) is 15.9. The topological polar surface area (TPSA) is 58.4 Å². The van der Waals surface area contributed by atoms with Crippen LogP contribution in [-0.4, -0.2) is 49.2 Å². The van der Waals surface area contributed by atoms with E-state index in [9.17, 15) is 18.0 Å². The second-order valence-electron chi connectivity index (χ2n) is 5.81. The van der Waals surface area contributed by atoms with Crippen LogP contribution in [0.3, 0.4) is 0 Å². The Kier molecular flexibility index (Phi) is 7.45. The quantitative estimate of drug-likeness (QED) is 0.755. The maximum atomic E-state index is 12.3. The van der Waals surface area contributed by atoms with Crippen molar-refractivity contribution >= 4 is 5.91 Å². The molecule has 1 rings (SSSR count). The van der Waals surface area contributed by atoms with E-state index in [4.69, 9.17) is 5.73 Å². The van der Waals surface area contributed by atoms with Gasteiger partial charge in [-0.05, 0) is 44.7 Å². The lowest BCUT2D eigenvalue weighted by molar-refractivity contribution is -0.148. The van der Waals surface area contributed by atoms with Gasteiger partial charge in [0.05, 0.1) is 12.6 Å². The monoisotopic (exact) mass is 309 g/mol. The third kappa shape index (κ3) is 7.66. The molecule has 1 aliphatic heterocycles. The Bertz CT molecular complexity index is 315. The first kappa shape index (κ1) is 18.2. The van der Waals surface area contributed by atoms with Crippen molar-refractivity contribution in [1.29, 1.82) is 0 Å². The Balaban J connectivity index is 2.15. The highest BCUT2D eigenvalue weighted by molar-refractivity contribution is 5.81. The predicted molar refractivity (Wildman–Crippen MR) is 75.7 cm³/mol. The summed E-state index contributed by atoms with van der Waals surface area (Å²) in [7, 11) is 0. The minimum Gasteiger partial charge on any atom is -0.355 e. The fourth-order valence-electron chi connectivity index (χ4n) is 2.66. The van der Waals surface area contributed by atoms with Gasteiger partial charge in [-0.15, -0.1) is 0 Å². The first-order valence-electron chi connectivity index (χ1n) is 7.64. The SMILES string of the molecule is CCCC(N)C(=O)NCCC1CCN(CC(F)(F)F)CC1. The lowest BCUT2D eigenvalue weighted by atomic mass is 9.93. The number of likely N-dealkylation sites (tertiary alicyclic amines) is 1. The number of alkyl halides is 3. The first-order valence-corrected chi connectivity index (χ1v) is 7.64. The highest BCUT2D eigenvalue weighted by Crippen LogP contribution is 2.23. The minimum absolute atomic E-state index is 0.133. The van der Waals surface area contributed by atoms with Gasteiger partial charge in [-0.25, -0.2) is 0 Å². The van der Waals surface area contributed by atoms with E-state index in [0.717, 1.165) is 25.7 Å². The van der Waals surface area contributed by atoms with Crippen LogP contribution in [0.1, 0.15) is 39.0 Å². The van der Waals surface area contributed by atoms with Crippen molar-refractivity contribution in [3.8, 4) is 0 Å². The zero-order valence-corrected chi connectivity index (χ0v) is 12.6. The van der Waals surface area contributed by atoms with Crippen LogP contribution in [-0.2, 0) is 4.79 Å². The fourth-order valence-corrected chi connectivity index (χ4v) is 2.66. The molecule has 0 aromatic heterocycles. The van der Waals surface area contributed by atoms with Crippen molar-refractivity contribution < 1.29 is 18.0 Å². The molecule has 21 heavy (non-hydrogen) atoms. The van der Waals surface area contributed by atoms with Crippen LogP contribution in [0, 0.1) is 5.92 Å². The van der Waals surface area contributed by atoms with Crippen molar-refractivity contribution in [2.45, 2.75) is 51.2 Å². The number of nitrogens with two attached hydrogens (primary N) is 1. The molecule has 124 valence electrons. The largest absolute Gasteiger partial charge is 0.401 e. The van der Waals surface area contributed by atoms with E-state index in [1.165, 1.54) is 4.90 Å². The molecule has 1 unspecified atom stereocenters. The van der Waals surface area contributed by atoms with Crippen molar-refractivity contribution in [1.82, 2.24) is 10.2 Å². The molecule has 4 nitrogen and oxygen atoms in total. The predicted octanol–water partition coefficient (Wildman–Crippen LogP) is 1.89. The van der Waals surface area contributed by atoms with E-state index >= 15 is 0 Å². The van der Waals surface area contributed by atoms with E-state index in [1.54, 1.807) is 0 Å². The van der Waals surface area contributed by atoms with E-state index in [1.807, 2.05) is 6.92 Å². The molecule has 0 radical (unpaired) electrons. The molecule has 1 aliphatic rings. The summed E-state index contributed by atoms with van der Waals surface area (Å²) in [4.78, 5) is 13.1. The van der Waals surface area contributed by atoms with Gasteiger partial charge in [-0.1, -0.05) is 13.3 Å². The van der Waals surface area contributed by atoms with Crippen LogP contribution in [0.25, 0.3) is 0 Å². The summed E-state index contributed by atoms with van der Waals surface area (Å²) in [5, 5.41) is 2.81. The number of rotatable bonds is 7. The van der Waals surface area contributed by atoms with Gasteiger partial charge in [0.25, 0.3) is 0 Å². The van der Waals surface area contributed by atoms with Crippen LogP contribution in [0.5, 0.6) is 0 Å². The summed E-state index contributed by atoms with van der Waals surface area (Å²) < 4.78 is 36.8. The Morgan fingerprint density at radius 1 is 1.38 bits per heavy atom. The Labute approximate surface area is 124 Å². The Morgan fingerprint density at radius 2 is 2.00 bits per heavy atom. The molecule has 1 saturated heterocycles. The van der Waals surface area contributed by atoms with Crippen molar-refractivity contribution in [2.75, 3.05) is 26.2 Å². The van der Waals surface area contributed by atoms with Gasteiger partial charge in [-0.2, -0.15) is 13.2 Å². The fraction of sp³-hybridized carbons (Fsp3) is 0.929. The molecule has 1 amide bonds. The number of piperidine rings is 1. The molecule has 0 spiro atoms. The molecule has 1 heterocycles. The van der Waals surface area contributed by atoms with E-state index in [0.29, 0.717) is 32.0 Å². The highest BCUT2D eigenvalue weighted by Gasteiger charge is 2.32. The maximum absolute atomic E-state index is 12.3. The number of hydrogen-bond acceptors (Lipinski definition) is 3. The van der Waals surface area contributed by atoms with Gasteiger partial charge in [0.2, 0.25) is 5.91 Å². The van der Waals surface area contributed by atoms with Crippen LogP contribution >= 0.6 is 0 Å². The molecule has 0 aromatic carbocycles. The average molecular weight is 309 g/mol. The summed E-state index contributed by atoms with van der Waals surface area (Å²) in [6.07, 6.45) is -0.255.